The second-order valence-electron chi connectivity index (χ2n) is 4.47. The van der Waals surface area contributed by atoms with Crippen molar-refractivity contribution >= 4 is 0 Å². The zero-order valence-electron chi connectivity index (χ0n) is 10.8. The van der Waals surface area contributed by atoms with Crippen molar-refractivity contribution in [2.45, 2.75) is 26.9 Å². The summed E-state index contributed by atoms with van der Waals surface area (Å²) in [6.07, 6.45) is 3.39. The Morgan fingerprint density at radius 2 is 2.00 bits per heavy atom. The molecule has 0 atom stereocenters. The van der Waals surface area contributed by atoms with Crippen LogP contribution in [0.25, 0.3) is 11.1 Å². The van der Waals surface area contributed by atoms with Gasteiger partial charge in [0, 0.05) is 12.4 Å². The van der Waals surface area contributed by atoms with Crippen molar-refractivity contribution in [2.75, 3.05) is 0 Å². The van der Waals surface area contributed by atoms with Gasteiger partial charge in [0.25, 0.3) is 0 Å². The molecule has 18 heavy (non-hydrogen) atoms. The highest BCUT2D eigenvalue weighted by Gasteiger charge is 2.14. The van der Waals surface area contributed by atoms with E-state index in [2.05, 4.69) is 4.98 Å². The van der Waals surface area contributed by atoms with Crippen molar-refractivity contribution in [1.29, 1.82) is 0 Å². The number of benzene rings is 1. The number of ether oxygens (including phenoxy) is 1. The number of nitrogens with zero attached hydrogens (tertiary/aromatic N) is 1. The Kier molecular flexibility index (Phi) is 3.60. The summed E-state index contributed by atoms with van der Waals surface area (Å²) < 4.78 is 19.7. The van der Waals surface area contributed by atoms with Crippen LogP contribution in [-0.2, 0) is 0 Å². The van der Waals surface area contributed by atoms with E-state index in [9.17, 15) is 4.39 Å². The van der Waals surface area contributed by atoms with Crippen LogP contribution >= 0.6 is 0 Å². The summed E-state index contributed by atoms with van der Waals surface area (Å²) in [5, 5.41) is 0. The first kappa shape index (κ1) is 12.6. The van der Waals surface area contributed by atoms with Crippen LogP contribution in [0.2, 0.25) is 0 Å². The van der Waals surface area contributed by atoms with Crippen molar-refractivity contribution in [2.24, 2.45) is 0 Å². The lowest BCUT2D eigenvalue weighted by Gasteiger charge is -2.16. The largest absolute Gasteiger partial charge is 0.490 e. The first-order valence-electron chi connectivity index (χ1n) is 5.95. The van der Waals surface area contributed by atoms with Crippen LogP contribution in [0.15, 0.2) is 36.7 Å². The molecule has 1 heterocycles. The maximum absolute atomic E-state index is 14.1. The number of pyridine rings is 1. The normalized spacial score (nSPS) is 10.7. The number of aryl methyl sites for hydroxylation is 1. The predicted octanol–water partition coefficient (Wildman–Crippen LogP) is 3.98. The quantitative estimate of drug-likeness (QED) is 0.815. The fraction of sp³-hybridized carbons (Fsp3) is 0.267. The molecular weight excluding hydrogens is 229 g/mol. The molecule has 1 aromatic heterocycles. The molecule has 94 valence electrons. The first-order valence-corrected chi connectivity index (χ1v) is 5.95. The molecule has 0 amide bonds. The van der Waals surface area contributed by atoms with Gasteiger partial charge in [-0.05, 0) is 50.1 Å². The Hall–Kier alpha value is -1.90. The van der Waals surface area contributed by atoms with E-state index < -0.39 is 0 Å². The van der Waals surface area contributed by atoms with Crippen molar-refractivity contribution < 1.29 is 9.13 Å². The molecule has 0 aliphatic heterocycles. The Morgan fingerprint density at radius 1 is 1.22 bits per heavy atom. The summed E-state index contributed by atoms with van der Waals surface area (Å²) >= 11 is 0. The first-order chi connectivity index (χ1) is 8.59. The van der Waals surface area contributed by atoms with E-state index in [1.807, 2.05) is 20.8 Å². The lowest BCUT2D eigenvalue weighted by atomic mass is 10.0. The van der Waals surface area contributed by atoms with Crippen LogP contribution < -0.4 is 4.74 Å². The van der Waals surface area contributed by atoms with E-state index in [1.165, 1.54) is 6.07 Å². The summed E-state index contributed by atoms with van der Waals surface area (Å²) in [6.45, 7) is 5.76. The van der Waals surface area contributed by atoms with E-state index in [-0.39, 0.29) is 11.9 Å². The van der Waals surface area contributed by atoms with E-state index in [1.54, 1.807) is 30.6 Å². The molecule has 0 unspecified atom stereocenters. The Labute approximate surface area is 106 Å². The molecule has 1 aromatic carbocycles. The Bertz CT molecular complexity index is 552. The number of rotatable bonds is 3. The van der Waals surface area contributed by atoms with Gasteiger partial charge >= 0.3 is 0 Å². The molecule has 0 saturated heterocycles. The highest BCUT2D eigenvalue weighted by Crippen LogP contribution is 2.34. The third kappa shape index (κ3) is 2.50. The Morgan fingerprint density at radius 3 is 2.67 bits per heavy atom. The minimum absolute atomic E-state index is 0.00712. The van der Waals surface area contributed by atoms with Gasteiger partial charge < -0.3 is 4.74 Å². The lowest BCUT2D eigenvalue weighted by Crippen LogP contribution is -2.07. The standard InChI is InChI=1S/C15H16FNO/c1-10(2)18-14-6-4-5-13(16)15(14)12-7-8-17-9-11(12)3/h4-10H,1-3H3. The van der Waals surface area contributed by atoms with Gasteiger partial charge in [-0.2, -0.15) is 0 Å². The van der Waals surface area contributed by atoms with E-state index in [0.29, 0.717) is 11.3 Å². The third-order valence-electron chi connectivity index (χ3n) is 2.63. The zero-order chi connectivity index (χ0) is 13.1. The summed E-state index contributed by atoms with van der Waals surface area (Å²) in [7, 11) is 0. The summed E-state index contributed by atoms with van der Waals surface area (Å²) in [4.78, 5) is 4.03. The molecule has 0 bridgehead atoms. The molecule has 0 radical (unpaired) electrons. The van der Waals surface area contributed by atoms with Gasteiger partial charge in [-0.25, -0.2) is 4.39 Å². The van der Waals surface area contributed by atoms with Crippen LogP contribution in [0.5, 0.6) is 5.75 Å². The SMILES string of the molecule is Cc1cnccc1-c1c(F)cccc1OC(C)C. The molecule has 3 heteroatoms. The van der Waals surface area contributed by atoms with Crippen LogP contribution in [0.1, 0.15) is 19.4 Å². The monoisotopic (exact) mass is 245 g/mol. The fourth-order valence-corrected chi connectivity index (χ4v) is 1.87. The van der Waals surface area contributed by atoms with Crippen molar-refractivity contribution in [3.63, 3.8) is 0 Å². The second-order valence-corrected chi connectivity index (χ2v) is 4.47. The number of hydrogen-bond donors (Lipinski definition) is 0. The molecule has 2 aromatic rings. The smallest absolute Gasteiger partial charge is 0.134 e. The molecule has 2 rings (SSSR count). The van der Waals surface area contributed by atoms with Crippen molar-refractivity contribution in [3.05, 3.63) is 48.0 Å². The van der Waals surface area contributed by atoms with Crippen molar-refractivity contribution in [3.8, 4) is 16.9 Å². The van der Waals surface area contributed by atoms with E-state index >= 15 is 0 Å². The average Bonchev–Trinajstić information content (AvgIpc) is 2.30. The fourth-order valence-electron chi connectivity index (χ4n) is 1.87. The molecule has 0 fully saturated rings. The number of hydrogen-bond acceptors (Lipinski definition) is 2. The summed E-state index contributed by atoms with van der Waals surface area (Å²) in [5.41, 5.74) is 2.25. The van der Waals surface area contributed by atoms with Crippen molar-refractivity contribution in [1.82, 2.24) is 4.98 Å². The van der Waals surface area contributed by atoms with Gasteiger partial charge in [-0.3, -0.25) is 4.98 Å². The minimum atomic E-state index is -0.276. The molecule has 0 aliphatic rings. The maximum Gasteiger partial charge on any atom is 0.134 e. The van der Waals surface area contributed by atoms with Gasteiger partial charge in [-0.15, -0.1) is 0 Å². The van der Waals surface area contributed by atoms with Gasteiger partial charge in [0.1, 0.15) is 11.6 Å². The van der Waals surface area contributed by atoms with Crippen LogP contribution in [0.4, 0.5) is 4.39 Å². The van der Waals surface area contributed by atoms with Crippen LogP contribution in [0, 0.1) is 12.7 Å². The topological polar surface area (TPSA) is 22.1 Å². The van der Waals surface area contributed by atoms with Gasteiger partial charge in [-0.1, -0.05) is 6.07 Å². The molecule has 0 spiro atoms. The predicted molar refractivity (Wildman–Crippen MR) is 70.1 cm³/mol. The number of aromatic nitrogens is 1. The van der Waals surface area contributed by atoms with Gasteiger partial charge in [0.2, 0.25) is 0 Å². The van der Waals surface area contributed by atoms with Crippen LogP contribution in [-0.4, -0.2) is 11.1 Å². The summed E-state index contributed by atoms with van der Waals surface area (Å²) in [6, 6.07) is 6.70. The Balaban J connectivity index is 2.59. The van der Waals surface area contributed by atoms with Crippen LogP contribution in [0.3, 0.4) is 0 Å². The molecule has 0 aliphatic carbocycles. The minimum Gasteiger partial charge on any atom is -0.490 e. The van der Waals surface area contributed by atoms with E-state index in [4.69, 9.17) is 4.74 Å². The zero-order valence-corrected chi connectivity index (χ0v) is 10.8. The molecule has 0 N–H and O–H groups in total. The maximum atomic E-state index is 14.1. The number of halogens is 1. The highest BCUT2D eigenvalue weighted by molar-refractivity contribution is 5.73. The molecule has 2 nitrogen and oxygen atoms in total. The molecule has 0 saturated carbocycles. The van der Waals surface area contributed by atoms with Gasteiger partial charge in [0.15, 0.2) is 0 Å². The van der Waals surface area contributed by atoms with E-state index in [0.717, 1.165) is 11.1 Å². The average molecular weight is 245 g/mol. The molecular formula is C15H16FNO. The lowest BCUT2D eigenvalue weighted by molar-refractivity contribution is 0.242. The third-order valence-corrected chi connectivity index (χ3v) is 2.63. The highest BCUT2D eigenvalue weighted by atomic mass is 19.1. The van der Waals surface area contributed by atoms with Gasteiger partial charge in [0.05, 0.1) is 11.7 Å². The second kappa shape index (κ2) is 5.17. The summed E-state index contributed by atoms with van der Waals surface area (Å²) in [5.74, 6) is 0.293.